The number of non-ortho nitro benzene ring substituents is 1. The largest absolute Gasteiger partial charge is 0.495 e. The van der Waals surface area contributed by atoms with E-state index in [1.807, 2.05) is 0 Å². The number of carbonyl (C=O) groups excluding carboxylic acids is 2. The zero-order valence-corrected chi connectivity index (χ0v) is 19.0. The molecule has 10 heteroatoms. The summed E-state index contributed by atoms with van der Waals surface area (Å²) >= 11 is 6.20. The highest BCUT2D eigenvalue weighted by atomic mass is 35.5. The van der Waals surface area contributed by atoms with Crippen LogP contribution >= 0.6 is 11.6 Å². The molecule has 0 aliphatic carbocycles. The van der Waals surface area contributed by atoms with Gasteiger partial charge in [0.05, 0.1) is 30.5 Å². The van der Waals surface area contributed by atoms with Gasteiger partial charge >= 0.3 is 0 Å². The number of carbonyl (C=O) groups is 2. The van der Waals surface area contributed by atoms with E-state index in [1.165, 1.54) is 38.5 Å². The average Bonchev–Trinajstić information content (AvgIpc) is 2.83. The van der Waals surface area contributed by atoms with Crippen LogP contribution < -0.4 is 20.1 Å². The normalized spacial score (nSPS) is 10.1. The van der Waals surface area contributed by atoms with Crippen LogP contribution in [0.15, 0.2) is 72.3 Å². The SMILES string of the molecule is COc1ccccc1NC(=O)C(=Cc1cc([N+](=O)[O-])ccc1Cl)C(=O)Nc1ccccc1OC. The van der Waals surface area contributed by atoms with Crippen LogP contribution in [0.3, 0.4) is 0 Å². The second kappa shape index (κ2) is 11.0. The third-order valence-corrected chi connectivity index (χ3v) is 5.03. The fourth-order valence-corrected chi connectivity index (χ4v) is 3.19. The van der Waals surface area contributed by atoms with E-state index < -0.39 is 16.7 Å². The van der Waals surface area contributed by atoms with E-state index in [9.17, 15) is 19.7 Å². The number of benzene rings is 3. The standard InChI is InChI=1S/C24H20ClN3O6/c1-33-21-9-5-3-7-19(21)26-23(29)17(14-15-13-16(28(31)32)11-12-18(15)25)24(30)27-20-8-4-6-10-22(20)34-2/h3-14H,1-2H3,(H,26,29)(H,27,30). The molecule has 0 aliphatic rings. The highest BCUT2D eigenvalue weighted by molar-refractivity contribution is 6.34. The molecule has 34 heavy (non-hydrogen) atoms. The zero-order valence-electron chi connectivity index (χ0n) is 18.2. The second-order valence-electron chi connectivity index (χ2n) is 6.83. The van der Waals surface area contributed by atoms with Crippen molar-refractivity contribution < 1.29 is 24.0 Å². The maximum atomic E-state index is 13.2. The molecular weight excluding hydrogens is 462 g/mol. The Bertz CT molecular complexity index is 1210. The molecule has 0 unspecified atom stereocenters. The summed E-state index contributed by atoms with van der Waals surface area (Å²) in [6.45, 7) is 0. The van der Waals surface area contributed by atoms with Gasteiger partial charge in [0.25, 0.3) is 17.5 Å². The van der Waals surface area contributed by atoms with Crippen molar-refractivity contribution in [2.24, 2.45) is 0 Å². The number of rotatable bonds is 8. The van der Waals surface area contributed by atoms with Gasteiger partial charge in [-0.2, -0.15) is 0 Å². The first-order valence-corrected chi connectivity index (χ1v) is 10.3. The van der Waals surface area contributed by atoms with Crippen molar-refractivity contribution in [1.82, 2.24) is 0 Å². The van der Waals surface area contributed by atoms with Gasteiger partial charge < -0.3 is 20.1 Å². The highest BCUT2D eigenvalue weighted by Crippen LogP contribution is 2.28. The predicted octanol–water partition coefficient (Wildman–Crippen LogP) is 4.93. The lowest BCUT2D eigenvalue weighted by Gasteiger charge is -2.14. The molecule has 0 saturated carbocycles. The van der Waals surface area contributed by atoms with Crippen LogP contribution in [0.2, 0.25) is 5.02 Å². The number of nitrogens with one attached hydrogen (secondary N) is 2. The van der Waals surface area contributed by atoms with E-state index >= 15 is 0 Å². The lowest BCUT2D eigenvalue weighted by Crippen LogP contribution is -2.25. The van der Waals surface area contributed by atoms with Gasteiger partial charge in [0, 0.05) is 22.7 Å². The molecule has 0 fully saturated rings. The Hall–Kier alpha value is -4.37. The molecule has 0 spiro atoms. The van der Waals surface area contributed by atoms with E-state index in [0.29, 0.717) is 22.9 Å². The Balaban J connectivity index is 2.05. The molecule has 0 radical (unpaired) electrons. The number of hydrogen-bond donors (Lipinski definition) is 2. The summed E-state index contributed by atoms with van der Waals surface area (Å²) in [5, 5.41) is 16.6. The lowest BCUT2D eigenvalue weighted by molar-refractivity contribution is -0.384. The molecule has 0 saturated heterocycles. The summed E-state index contributed by atoms with van der Waals surface area (Å²) in [5.74, 6) is -0.790. The van der Waals surface area contributed by atoms with E-state index in [2.05, 4.69) is 10.6 Å². The summed E-state index contributed by atoms with van der Waals surface area (Å²) in [5.41, 5.74) is 0.188. The average molecular weight is 482 g/mol. The van der Waals surface area contributed by atoms with Crippen LogP contribution in [0, 0.1) is 10.1 Å². The van der Waals surface area contributed by atoms with Crippen molar-refractivity contribution in [2.45, 2.75) is 0 Å². The molecule has 3 aromatic rings. The minimum absolute atomic E-state index is 0.122. The number of methoxy groups -OCH3 is 2. The fraction of sp³-hybridized carbons (Fsp3) is 0.0833. The topological polar surface area (TPSA) is 120 Å². The molecule has 3 aromatic carbocycles. The number of halogens is 1. The van der Waals surface area contributed by atoms with E-state index in [4.69, 9.17) is 21.1 Å². The molecule has 0 heterocycles. The number of nitrogens with zero attached hydrogens (tertiary/aromatic N) is 1. The number of nitro benzene ring substituents is 1. The molecule has 0 atom stereocenters. The third-order valence-electron chi connectivity index (χ3n) is 4.69. The number of amides is 2. The molecule has 9 nitrogen and oxygen atoms in total. The van der Waals surface area contributed by atoms with Crippen molar-refractivity contribution in [2.75, 3.05) is 24.9 Å². The Morgan fingerprint density at radius 3 is 1.85 bits per heavy atom. The van der Waals surface area contributed by atoms with E-state index in [0.717, 1.165) is 0 Å². The Labute approximate surface area is 200 Å². The van der Waals surface area contributed by atoms with Crippen LogP contribution in [-0.2, 0) is 9.59 Å². The summed E-state index contributed by atoms with van der Waals surface area (Å²) in [6.07, 6.45) is 1.19. The van der Waals surface area contributed by atoms with Gasteiger partial charge in [-0.3, -0.25) is 19.7 Å². The first kappa shape index (κ1) is 24.3. The molecule has 174 valence electrons. The minimum Gasteiger partial charge on any atom is -0.495 e. The summed E-state index contributed by atoms with van der Waals surface area (Å²) in [6, 6.07) is 17.0. The van der Waals surface area contributed by atoms with E-state index in [-0.39, 0.29) is 21.8 Å². The second-order valence-corrected chi connectivity index (χ2v) is 7.24. The van der Waals surface area contributed by atoms with Gasteiger partial charge in [0.1, 0.15) is 17.1 Å². The van der Waals surface area contributed by atoms with Gasteiger partial charge in [-0.15, -0.1) is 0 Å². The Morgan fingerprint density at radius 2 is 1.38 bits per heavy atom. The Morgan fingerprint density at radius 1 is 0.882 bits per heavy atom. The van der Waals surface area contributed by atoms with Crippen molar-refractivity contribution in [3.05, 3.63) is 93.0 Å². The highest BCUT2D eigenvalue weighted by Gasteiger charge is 2.22. The number of anilines is 2. The number of ether oxygens (including phenoxy) is 2. The van der Waals surface area contributed by atoms with Crippen molar-refractivity contribution >= 4 is 46.6 Å². The first-order chi connectivity index (χ1) is 16.3. The summed E-state index contributed by atoms with van der Waals surface area (Å²) in [7, 11) is 2.89. The third kappa shape index (κ3) is 5.70. The van der Waals surface area contributed by atoms with E-state index in [1.54, 1.807) is 48.5 Å². The van der Waals surface area contributed by atoms with Gasteiger partial charge in [-0.05, 0) is 36.4 Å². The van der Waals surface area contributed by atoms with Crippen LogP contribution in [-0.4, -0.2) is 31.0 Å². The molecule has 0 aromatic heterocycles. The Kier molecular flexibility index (Phi) is 7.83. The quantitative estimate of drug-likeness (QED) is 0.155. The number of nitro groups is 1. The molecule has 2 N–H and O–H groups in total. The maximum absolute atomic E-state index is 13.2. The van der Waals surface area contributed by atoms with Crippen LogP contribution in [0.4, 0.5) is 17.1 Å². The molecular formula is C24H20ClN3O6. The maximum Gasteiger partial charge on any atom is 0.270 e. The smallest absolute Gasteiger partial charge is 0.270 e. The minimum atomic E-state index is -0.778. The molecule has 0 aliphatic heterocycles. The zero-order chi connectivity index (χ0) is 24.7. The van der Waals surface area contributed by atoms with Crippen molar-refractivity contribution in [3.8, 4) is 11.5 Å². The number of para-hydroxylation sites is 4. The number of hydrogen-bond acceptors (Lipinski definition) is 6. The predicted molar refractivity (Wildman–Crippen MR) is 129 cm³/mol. The monoisotopic (exact) mass is 481 g/mol. The van der Waals surface area contributed by atoms with Crippen molar-refractivity contribution in [1.29, 1.82) is 0 Å². The van der Waals surface area contributed by atoms with Gasteiger partial charge in [0.2, 0.25) is 0 Å². The molecule has 3 rings (SSSR count). The van der Waals surface area contributed by atoms with Crippen LogP contribution in [0.1, 0.15) is 5.56 Å². The van der Waals surface area contributed by atoms with Gasteiger partial charge in [-0.25, -0.2) is 0 Å². The van der Waals surface area contributed by atoms with Crippen molar-refractivity contribution in [3.63, 3.8) is 0 Å². The summed E-state index contributed by atoms with van der Waals surface area (Å²) in [4.78, 5) is 37.0. The summed E-state index contributed by atoms with van der Waals surface area (Å²) < 4.78 is 10.5. The van der Waals surface area contributed by atoms with Crippen LogP contribution in [0.5, 0.6) is 11.5 Å². The van der Waals surface area contributed by atoms with Gasteiger partial charge in [0.15, 0.2) is 0 Å². The van der Waals surface area contributed by atoms with Crippen LogP contribution in [0.25, 0.3) is 6.08 Å². The fourth-order valence-electron chi connectivity index (χ4n) is 3.02. The molecule has 2 amide bonds. The molecule has 0 bridgehead atoms. The first-order valence-electron chi connectivity index (χ1n) is 9.88. The lowest BCUT2D eigenvalue weighted by atomic mass is 10.1. The van der Waals surface area contributed by atoms with Gasteiger partial charge in [-0.1, -0.05) is 35.9 Å².